The average Bonchev–Trinajstić information content (AvgIpc) is 3.26. The van der Waals surface area contributed by atoms with Gasteiger partial charge in [-0.25, -0.2) is 0 Å². The molecule has 0 atom stereocenters. The lowest BCUT2D eigenvalue weighted by molar-refractivity contribution is 1.79. The molecule has 0 fully saturated rings. The van der Waals surface area contributed by atoms with E-state index in [9.17, 15) is 0 Å². The fraction of sp³-hybridized carbons (Fsp3) is 0. The molecule has 0 spiro atoms. The van der Waals surface area contributed by atoms with E-state index in [4.69, 9.17) is 0 Å². The third-order valence-corrected chi connectivity index (χ3v) is 8.62. The van der Waals surface area contributed by atoms with Gasteiger partial charge in [0.15, 0.2) is 0 Å². The molecule has 0 aromatic heterocycles. The molecule has 0 radical (unpaired) electrons. The molecule has 0 saturated carbocycles. The molecule has 7 aromatic carbocycles. The molecule has 0 aliphatic heterocycles. The normalized spacial score (nSPS) is 12.7. The molecule has 7 rings (SSSR count). The van der Waals surface area contributed by atoms with Crippen molar-refractivity contribution in [2.45, 2.75) is 0 Å². The number of rotatable bonds is 0. The van der Waals surface area contributed by atoms with Crippen molar-refractivity contribution < 1.29 is 0 Å². The third-order valence-electron chi connectivity index (χ3n) is 6.35. The van der Waals surface area contributed by atoms with Crippen molar-refractivity contribution in [1.82, 2.24) is 0 Å². The van der Waals surface area contributed by atoms with E-state index in [0.29, 0.717) is 0 Å². The van der Waals surface area contributed by atoms with Crippen LogP contribution in [0.15, 0.2) is 80.1 Å². The van der Waals surface area contributed by atoms with Gasteiger partial charge in [-0.3, -0.25) is 0 Å². The lowest BCUT2D eigenvalue weighted by Crippen LogP contribution is -1.77. The Labute approximate surface area is 191 Å². The Bertz CT molecular complexity index is 1690. The summed E-state index contributed by atoms with van der Waals surface area (Å²) in [4.78, 5) is 0. The van der Waals surface area contributed by atoms with Crippen molar-refractivity contribution in [1.29, 1.82) is 0 Å². The monoisotopic (exact) mass is 560 g/mol. The largest absolute Gasteiger partial charge is 0.0610 e. The van der Waals surface area contributed by atoms with E-state index in [0.717, 1.165) is 4.47 Å². The van der Waals surface area contributed by atoms with E-state index in [1.54, 1.807) is 0 Å². The van der Waals surface area contributed by atoms with Crippen molar-refractivity contribution in [3.8, 4) is 0 Å². The first-order valence-corrected chi connectivity index (χ1v) is 11.8. The first kappa shape index (κ1) is 16.8. The standard InChI is InChI=1S/C26H11Br3/c27-18-11-10-17-20-13(18)6-3-9-16(20)23-24(17)26(29)22-15-8-2-5-12-4-1-7-14(19(12)15)21(22)25(23)28/h1-11H. The van der Waals surface area contributed by atoms with Crippen LogP contribution in [0, 0.1) is 0 Å². The van der Waals surface area contributed by atoms with Crippen molar-refractivity contribution in [3.63, 3.8) is 0 Å². The molecular weight excluding hydrogens is 552 g/mol. The SMILES string of the molecule is Brc1ccc2c3c(Br)c4c5cccc6cccc(c4c(Br)c3c3cccc1c32)c65. The second-order valence-corrected chi connectivity index (χ2v) is 10.1. The Hall–Kier alpha value is -1.94. The molecule has 7 aromatic rings. The van der Waals surface area contributed by atoms with Crippen LogP contribution in [-0.4, -0.2) is 0 Å². The quantitative estimate of drug-likeness (QED) is 0.172. The summed E-state index contributed by atoms with van der Waals surface area (Å²) in [5.74, 6) is 0. The molecule has 0 unspecified atom stereocenters. The Morgan fingerprint density at radius 2 is 0.828 bits per heavy atom. The van der Waals surface area contributed by atoms with Crippen LogP contribution in [0.5, 0.6) is 0 Å². The van der Waals surface area contributed by atoms with Gasteiger partial charge in [-0.1, -0.05) is 76.6 Å². The van der Waals surface area contributed by atoms with E-state index in [2.05, 4.69) is 115 Å². The van der Waals surface area contributed by atoms with Gasteiger partial charge >= 0.3 is 0 Å². The van der Waals surface area contributed by atoms with Gasteiger partial charge in [0.2, 0.25) is 0 Å². The minimum atomic E-state index is 1.14. The van der Waals surface area contributed by atoms with Crippen LogP contribution in [-0.2, 0) is 0 Å². The maximum atomic E-state index is 4.05. The molecular formula is C26H11Br3. The Balaban J connectivity index is 1.91. The molecule has 0 saturated heterocycles. The van der Waals surface area contributed by atoms with Crippen LogP contribution in [0.2, 0.25) is 0 Å². The summed E-state index contributed by atoms with van der Waals surface area (Å²) in [6.45, 7) is 0. The van der Waals surface area contributed by atoms with Crippen LogP contribution in [0.3, 0.4) is 0 Å². The van der Waals surface area contributed by atoms with Gasteiger partial charge in [0.25, 0.3) is 0 Å². The van der Waals surface area contributed by atoms with Crippen molar-refractivity contribution in [2.75, 3.05) is 0 Å². The van der Waals surface area contributed by atoms with Gasteiger partial charge in [-0.15, -0.1) is 0 Å². The topological polar surface area (TPSA) is 0 Å². The summed E-state index contributed by atoms with van der Waals surface area (Å²) in [5, 5.41) is 15.6. The van der Waals surface area contributed by atoms with Gasteiger partial charge in [0.05, 0.1) is 0 Å². The Morgan fingerprint density at radius 1 is 0.379 bits per heavy atom. The summed E-state index contributed by atoms with van der Waals surface area (Å²) >= 11 is 11.8. The highest BCUT2D eigenvalue weighted by Crippen LogP contribution is 2.53. The van der Waals surface area contributed by atoms with E-state index in [1.807, 2.05) is 0 Å². The second-order valence-electron chi connectivity index (χ2n) is 7.66. The first-order valence-electron chi connectivity index (χ1n) is 9.46. The average molecular weight is 563 g/mol. The Morgan fingerprint density at radius 3 is 1.41 bits per heavy atom. The van der Waals surface area contributed by atoms with Crippen LogP contribution in [0.25, 0.3) is 64.6 Å². The number of halogens is 3. The van der Waals surface area contributed by atoms with Gasteiger partial charge in [-0.05, 0) is 81.0 Å². The molecule has 0 amide bonds. The van der Waals surface area contributed by atoms with Crippen LogP contribution in [0.1, 0.15) is 0 Å². The highest BCUT2D eigenvalue weighted by molar-refractivity contribution is 9.11. The molecule has 0 bridgehead atoms. The zero-order valence-electron chi connectivity index (χ0n) is 15.0. The van der Waals surface area contributed by atoms with E-state index in [1.165, 1.54) is 73.6 Å². The summed E-state index contributed by atoms with van der Waals surface area (Å²) in [7, 11) is 0. The van der Waals surface area contributed by atoms with Crippen molar-refractivity contribution in [3.05, 3.63) is 80.1 Å². The molecule has 0 aliphatic rings. The smallest absolute Gasteiger partial charge is 0.0345 e. The Kier molecular flexibility index (Phi) is 3.25. The molecule has 0 heterocycles. The van der Waals surface area contributed by atoms with Gasteiger partial charge in [0, 0.05) is 35.0 Å². The van der Waals surface area contributed by atoms with Gasteiger partial charge in [0.1, 0.15) is 0 Å². The maximum Gasteiger partial charge on any atom is 0.0345 e. The number of benzene rings is 5. The summed E-state index contributed by atoms with van der Waals surface area (Å²) in [6, 6.07) is 24.3. The molecule has 136 valence electrons. The highest BCUT2D eigenvalue weighted by atomic mass is 79.9. The van der Waals surface area contributed by atoms with E-state index < -0.39 is 0 Å². The van der Waals surface area contributed by atoms with E-state index >= 15 is 0 Å². The summed E-state index contributed by atoms with van der Waals surface area (Å²) < 4.78 is 3.52. The first-order chi connectivity index (χ1) is 14.2. The molecule has 3 heteroatoms. The predicted molar refractivity (Wildman–Crippen MR) is 137 cm³/mol. The lowest BCUT2D eigenvalue weighted by Gasteiger charge is -2.05. The number of hydrogen-bond acceptors (Lipinski definition) is 0. The minimum absolute atomic E-state index is 1.14. The van der Waals surface area contributed by atoms with Crippen molar-refractivity contribution in [2.24, 2.45) is 0 Å². The van der Waals surface area contributed by atoms with E-state index in [-0.39, 0.29) is 0 Å². The van der Waals surface area contributed by atoms with Gasteiger partial charge in [-0.2, -0.15) is 0 Å². The van der Waals surface area contributed by atoms with Gasteiger partial charge < -0.3 is 0 Å². The third kappa shape index (κ3) is 1.90. The number of fused-ring (bicyclic) bond motifs is 6. The summed E-state index contributed by atoms with van der Waals surface area (Å²) in [5.41, 5.74) is 0. The molecule has 0 aliphatic carbocycles. The zero-order valence-corrected chi connectivity index (χ0v) is 19.7. The predicted octanol–water partition coefficient (Wildman–Crippen LogP) is 9.77. The fourth-order valence-corrected chi connectivity index (χ4v) is 7.36. The zero-order chi connectivity index (χ0) is 19.4. The molecule has 0 N–H and O–H groups in total. The fourth-order valence-electron chi connectivity index (χ4n) is 5.25. The minimum Gasteiger partial charge on any atom is -0.0610 e. The van der Waals surface area contributed by atoms with Crippen molar-refractivity contribution >= 4 is 112 Å². The molecule has 0 nitrogen and oxygen atoms in total. The lowest BCUT2D eigenvalue weighted by atomic mass is 10.1. The second kappa shape index (κ2) is 5.60. The summed E-state index contributed by atoms with van der Waals surface area (Å²) in [6.07, 6.45) is 0. The number of hydrogen-bond donors (Lipinski definition) is 0. The van der Waals surface area contributed by atoms with Crippen LogP contribution >= 0.6 is 47.8 Å². The maximum absolute atomic E-state index is 4.05. The highest BCUT2D eigenvalue weighted by Gasteiger charge is 2.24. The van der Waals surface area contributed by atoms with Crippen LogP contribution in [0.4, 0.5) is 0 Å². The molecule has 29 heavy (non-hydrogen) atoms. The van der Waals surface area contributed by atoms with Crippen LogP contribution < -0.4 is 0 Å².